The van der Waals surface area contributed by atoms with Gasteiger partial charge >= 0.3 is 6.01 Å². The van der Waals surface area contributed by atoms with Crippen molar-refractivity contribution in [3.05, 3.63) is 11.1 Å². The molecule has 2 heterocycles. The van der Waals surface area contributed by atoms with Crippen molar-refractivity contribution in [3.8, 4) is 6.01 Å². The van der Waals surface area contributed by atoms with Gasteiger partial charge in [0, 0.05) is 17.6 Å². The summed E-state index contributed by atoms with van der Waals surface area (Å²) in [6, 6.07) is 0.344. The smallest absolute Gasteiger partial charge is 0.322 e. The van der Waals surface area contributed by atoms with E-state index in [1.165, 1.54) is 11.8 Å². The van der Waals surface area contributed by atoms with E-state index < -0.39 is 0 Å². The van der Waals surface area contributed by atoms with E-state index >= 15 is 0 Å². The fourth-order valence-electron chi connectivity index (χ4n) is 1.35. The molecule has 0 unspecified atom stereocenters. The molecule has 0 aromatic carbocycles. The highest BCUT2D eigenvalue weighted by atomic mass is 32.2. The number of aryl methyl sites for hydroxylation is 1. The maximum atomic E-state index is 5.38. The summed E-state index contributed by atoms with van der Waals surface area (Å²) < 4.78 is 6.29. The summed E-state index contributed by atoms with van der Waals surface area (Å²) in [5.74, 6) is 0.543. The summed E-state index contributed by atoms with van der Waals surface area (Å²) in [7, 11) is 0. The third kappa shape index (κ3) is 4.31. The first kappa shape index (κ1) is 15.0. The molecule has 108 valence electrons. The van der Waals surface area contributed by atoms with Gasteiger partial charge in [-0.05, 0) is 32.0 Å². The second-order valence-corrected chi connectivity index (χ2v) is 6.01. The Kier molecular flexibility index (Phi) is 5.54. The molecule has 0 aliphatic heterocycles. The largest absolute Gasteiger partial charge is 0.464 e. The van der Waals surface area contributed by atoms with Gasteiger partial charge in [0.1, 0.15) is 0 Å². The standard InChI is InChI=1S/C12H17N5OS2/c1-4-6-13-9-15-10(18-5-2)17-11(16-9)20-12-14-8(3)7-19-12/h7H,4-6H2,1-3H3,(H,13,15,16,17). The maximum Gasteiger partial charge on any atom is 0.322 e. The Morgan fingerprint density at radius 3 is 2.75 bits per heavy atom. The predicted molar refractivity (Wildman–Crippen MR) is 80.8 cm³/mol. The van der Waals surface area contributed by atoms with Crippen molar-refractivity contribution >= 4 is 29.0 Å². The molecule has 20 heavy (non-hydrogen) atoms. The minimum atomic E-state index is 0.344. The molecule has 6 nitrogen and oxygen atoms in total. The van der Waals surface area contributed by atoms with Gasteiger partial charge in [-0.25, -0.2) is 4.98 Å². The zero-order valence-corrected chi connectivity index (χ0v) is 13.3. The van der Waals surface area contributed by atoms with Crippen molar-refractivity contribution in [2.24, 2.45) is 0 Å². The Morgan fingerprint density at radius 1 is 1.25 bits per heavy atom. The van der Waals surface area contributed by atoms with Crippen LogP contribution in [-0.4, -0.2) is 33.1 Å². The van der Waals surface area contributed by atoms with Gasteiger partial charge < -0.3 is 10.1 Å². The first-order chi connectivity index (χ1) is 9.71. The SMILES string of the molecule is CCCNc1nc(OCC)nc(Sc2nc(C)cs2)n1. The molecule has 0 saturated carbocycles. The first-order valence-corrected chi connectivity index (χ1v) is 8.13. The van der Waals surface area contributed by atoms with Gasteiger partial charge in [0.2, 0.25) is 11.1 Å². The lowest BCUT2D eigenvalue weighted by molar-refractivity contribution is 0.308. The molecule has 0 aliphatic rings. The molecular weight excluding hydrogens is 294 g/mol. The van der Waals surface area contributed by atoms with Gasteiger partial charge in [-0.2, -0.15) is 15.0 Å². The molecule has 0 radical (unpaired) electrons. The molecule has 0 amide bonds. The Balaban J connectivity index is 2.18. The normalized spacial score (nSPS) is 10.6. The monoisotopic (exact) mass is 311 g/mol. The third-order valence-electron chi connectivity index (χ3n) is 2.18. The van der Waals surface area contributed by atoms with Gasteiger partial charge in [-0.1, -0.05) is 6.92 Å². The Bertz CT molecular complexity index is 561. The maximum absolute atomic E-state index is 5.38. The van der Waals surface area contributed by atoms with E-state index in [1.54, 1.807) is 11.3 Å². The van der Waals surface area contributed by atoms with Crippen LogP contribution in [0, 0.1) is 6.92 Å². The van der Waals surface area contributed by atoms with Crippen molar-refractivity contribution in [3.63, 3.8) is 0 Å². The molecule has 0 aliphatic carbocycles. The van der Waals surface area contributed by atoms with E-state index in [4.69, 9.17) is 4.74 Å². The quantitative estimate of drug-likeness (QED) is 0.842. The number of aromatic nitrogens is 4. The van der Waals surface area contributed by atoms with Crippen LogP contribution in [0.2, 0.25) is 0 Å². The summed E-state index contributed by atoms with van der Waals surface area (Å²) in [5, 5.41) is 5.75. The zero-order valence-electron chi connectivity index (χ0n) is 11.7. The average Bonchev–Trinajstić information content (AvgIpc) is 2.82. The number of anilines is 1. The molecule has 2 aromatic heterocycles. The first-order valence-electron chi connectivity index (χ1n) is 6.44. The summed E-state index contributed by atoms with van der Waals surface area (Å²) in [5.41, 5.74) is 1.00. The van der Waals surface area contributed by atoms with E-state index in [9.17, 15) is 0 Å². The Labute approximate surface area is 126 Å². The van der Waals surface area contributed by atoms with Gasteiger partial charge in [-0.15, -0.1) is 11.3 Å². The van der Waals surface area contributed by atoms with Gasteiger partial charge in [0.05, 0.1) is 6.61 Å². The second-order valence-electron chi connectivity index (χ2n) is 3.94. The van der Waals surface area contributed by atoms with Crippen molar-refractivity contribution in [2.75, 3.05) is 18.5 Å². The minimum absolute atomic E-state index is 0.344. The van der Waals surface area contributed by atoms with Crippen molar-refractivity contribution in [1.29, 1.82) is 0 Å². The minimum Gasteiger partial charge on any atom is -0.464 e. The van der Waals surface area contributed by atoms with Crippen molar-refractivity contribution in [1.82, 2.24) is 19.9 Å². The van der Waals surface area contributed by atoms with Crippen LogP contribution in [0.1, 0.15) is 26.0 Å². The van der Waals surface area contributed by atoms with E-state index in [0.717, 1.165) is 23.0 Å². The van der Waals surface area contributed by atoms with Crippen LogP contribution in [-0.2, 0) is 0 Å². The summed E-state index contributed by atoms with van der Waals surface area (Å²) in [6.07, 6.45) is 1.00. The summed E-state index contributed by atoms with van der Waals surface area (Å²) in [4.78, 5) is 17.3. The van der Waals surface area contributed by atoms with Gasteiger partial charge in [0.25, 0.3) is 0 Å². The number of thiazole rings is 1. The van der Waals surface area contributed by atoms with Crippen LogP contribution in [0.15, 0.2) is 14.9 Å². The second kappa shape index (κ2) is 7.39. The van der Waals surface area contributed by atoms with E-state index in [1.807, 2.05) is 19.2 Å². The Morgan fingerprint density at radius 2 is 2.10 bits per heavy atom. The average molecular weight is 311 g/mol. The zero-order chi connectivity index (χ0) is 14.4. The highest BCUT2D eigenvalue weighted by Crippen LogP contribution is 2.28. The molecular formula is C12H17N5OS2. The molecule has 1 N–H and O–H groups in total. The van der Waals surface area contributed by atoms with Crippen LogP contribution in [0.5, 0.6) is 6.01 Å². The number of hydrogen-bond acceptors (Lipinski definition) is 8. The molecule has 0 bridgehead atoms. The number of nitrogens with one attached hydrogen (secondary N) is 1. The van der Waals surface area contributed by atoms with Crippen LogP contribution in [0.25, 0.3) is 0 Å². The molecule has 8 heteroatoms. The third-order valence-corrected chi connectivity index (χ3v) is 4.10. The van der Waals surface area contributed by atoms with Crippen LogP contribution in [0.4, 0.5) is 5.95 Å². The predicted octanol–water partition coefficient (Wildman–Crippen LogP) is 3.01. The van der Waals surface area contributed by atoms with Crippen molar-refractivity contribution in [2.45, 2.75) is 36.7 Å². The lowest BCUT2D eigenvalue weighted by Gasteiger charge is -2.07. The van der Waals surface area contributed by atoms with Crippen molar-refractivity contribution < 1.29 is 4.74 Å². The number of hydrogen-bond donors (Lipinski definition) is 1. The summed E-state index contributed by atoms with van der Waals surface area (Å²) in [6.45, 7) is 7.30. The van der Waals surface area contributed by atoms with Crippen LogP contribution < -0.4 is 10.1 Å². The number of nitrogens with zero attached hydrogens (tertiary/aromatic N) is 4. The molecule has 2 rings (SSSR count). The van der Waals surface area contributed by atoms with Crippen LogP contribution in [0.3, 0.4) is 0 Å². The molecule has 0 spiro atoms. The topological polar surface area (TPSA) is 72.8 Å². The lowest BCUT2D eigenvalue weighted by Crippen LogP contribution is -2.08. The Hall–Kier alpha value is -1.41. The van der Waals surface area contributed by atoms with Gasteiger partial charge in [0.15, 0.2) is 4.34 Å². The highest BCUT2D eigenvalue weighted by Gasteiger charge is 2.10. The number of rotatable bonds is 7. The lowest BCUT2D eigenvalue weighted by atomic mass is 10.5. The molecule has 0 saturated heterocycles. The highest BCUT2D eigenvalue weighted by molar-refractivity contribution is 8.00. The van der Waals surface area contributed by atoms with E-state index in [0.29, 0.717) is 23.7 Å². The van der Waals surface area contributed by atoms with E-state index in [2.05, 4.69) is 32.2 Å². The molecule has 2 aromatic rings. The van der Waals surface area contributed by atoms with E-state index in [-0.39, 0.29) is 0 Å². The number of ether oxygens (including phenoxy) is 1. The van der Waals surface area contributed by atoms with Crippen LogP contribution >= 0.6 is 23.1 Å². The fraction of sp³-hybridized carbons (Fsp3) is 0.500. The molecule has 0 fully saturated rings. The fourth-order valence-corrected chi connectivity index (χ4v) is 3.03. The molecule has 0 atom stereocenters. The summed E-state index contributed by atoms with van der Waals surface area (Å²) >= 11 is 3.00. The van der Waals surface area contributed by atoms with Gasteiger partial charge in [-0.3, -0.25) is 0 Å².